The minimum atomic E-state index is 0.188. The van der Waals surface area contributed by atoms with Crippen molar-refractivity contribution in [2.75, 3.05) is 0 Å². The van der Waals surface area contributed by atoms with Crippen LogP contribution >= 0.6 is 0 Å². The van der Waals surface area contributed by atoms with Gasteiger partial charge in [-0.05, 0) is 31.8 Å². The summed E-state index contributed by atoms with van der Waals surface area (Å²) < 4.78 is 0. The van der Waals surface area contributed by atoms with E-state index in [1.165, 1.54) is 6.42 Å². The first-order valence-electron chi connectivity index (χ1n) is 4.25. The molecular weight excluding hydrogens is 136 g/mol. The van der Waals surface area contributed by atoms with Gasteiger partial charge in [0.1, 0.15) is 0 Å². The zero-order valence-electron chi connectivity index (χ0n) is 7.98. The van der Waals surface area contributed by atoms with Crippen molar-refractivity contribution >= 4 is 5.78 Å². The summed E-state index contributed by atoms with van der Waals surface area (Å²) in [5.74, 6) is 0.887. The number of allylic oxidation sites excluding steroid dienone is 2. The van der Waals surface area contributed by atoms with E-state index in [0.717, 1.165) is 12.0 Å². The largest absolute Gasteiger partial charge is 0.295 e. The second kappa shape index (κ2) is 5.11. The lowest BCUT2D eigenvalue weighted by atomic mass is 10.0. The average Bonchev–Trinajstić information content (AvgIpc) is 1.99. The Morgan fingerprint density at radius 1 is 1.45 bits per heavy atom. The van der Waals surface area contributed by atoms with E-state index in [4.69, 9.17) is 0 Å². The topological polar surface area (TPSA) is 17.1 Å². The molecule has 1 heteroatoms. The van der Waals surface area contributed by atoms with Gasteiger partial charge in [0, 0.05) is 0 Å². The molecule has 0 bridgehead atoms. The van der Waals surface area contributed by atoms with Crippen molar-refractivity contribution < 1.29 is 4.79 Å². The first kappa shape index (κ1) is 10.4. The Hall–Kier alpha value is -0.590. The molecule has 0 aliphatic rings. The molecule has 0 N–H and O–H groups in total. The van der Waals surface area contributed by atoms with Crippen LogP contribution in [-0.4, -0.2) is 5.78 Å². The van der Waals surface area contributed by atoms with Crippen LogP contribution in [0, 0.1) is 5.92 Å². The molecule has 11 heavy (non-hydrogen) atoms. The molecule has 1 unspecified atom stereocenters. The third-order valence-electron chi connectivity index (χ3n) is 2.08. The van der Waals surface area contributed by atoms with E-state index in [9.17, 15) is 4.79 Å². The predicted octanol–water partition coefficient (Wildman–Crippen LogP) is 2.96. The molecule has 0 spiro atoms. The molecule has 0 aromatic rings. The number of hydrogen-bond acceptors (Lipinski definition) is 1. The van der Waals surface area contributed by atoms with Crippen LogP contribution in [0.25, 0.3) is 0 Å². The maximum absolute atomic E-state index is 10.8. The predicted molar refractivity (Wildman–Crippen MR) is 48.5 cm³/mol. The Kier molecular flexibility index (Phi) is 4.84. The van der Waals surface area contributed by atoms with Crippen molar-refractivity contribution in [1.29, 1.82) is 0 Å². The second-order valence-electron chi connectivity index (χ2n) is 3.19. The van der Waals surface area contributed by atoms with Gasteiger partial charge in [-0.3, -0.25) is 4.79 Å². The van der Waals surface area contributed by atoms with Crippen molar-refractivity contribution in [3.63, 3.8) is 0 Å². The minimum absolute atomic E-state index is 0.188. The fourth-order valence-corrected chi connectivity index (χ4v) is 0.688. The van der Waals surface area contributed by atoms with Crippen LogP contribution in [0.2, 0.25) is 0 Å². The highest BCUT2D eigenvalue weighted by Gasteiger charge is 1.98. The molecule has 0 radical (unpaired) electrons. The number of carbonyl (C=O) groups is 1. The Morgan fingerprint density at radius 3 is 2.36 bits per heavy atom. The van der Waals surface area contributed by atoms with Crippen molar-refractivity contribution in [3.05, 3.63) is 11.6 Å². The fourth-order valence-electron chi connectivity index (χ4n) is 0.688. The zero-order chi connectivity index (χ0) is 8.85. The Bertz CT molecular complexity index is 156. The lowest BCUT2D eigenvalue weighted by molar-refractivity contribution is -0.113. The molecule has 0 aliphatic heterocycles. The lowest BCUT2D eigenvalue weighted by Gasteiger charge is -2.03. The van der Waals surface area contributed by atoms with Gasteiger partial charge in [-0.1, -0.05) is 26.3 Å². The van der Waals surface area contributed by atoms with Crippen LogP contribution in [0.3, 0.4) is 0 Å². The number of rotatable bonds is 4. The van der Waals surface area contributed by atoms with E-state index in [2.05, 4.69) is 13.8 Å². The molecular formula is C10H18O. The molecule has 0 heterocycles. The summed E-state index contributed by atoms with van der Waals surface area (Å²) in [6.07, 6.45) is 4.25. The molecule has 0 amide bonds. The van der Waals surface area contributed by atoms with Gasteiger partial charge in [-0.2, -0.15) is 0 Å². The van der Waals surface area contributed by atoms with Crippen LogP contribution in [0.4, 0.5) is 0 Å². The van der Waals surface area contributed by atoms with E-state index in [-0.39, 0.29) is 5.78 Å². The first-order valence-corrected chi connectivity index (χ1v) is 4.25. The van der Waals surface area contributed by atoms with Crippen molar-refractivity contribution in [1.82, 2.24) is 0 Å². The summed E-state index contributed by atoms with van der Waals surface area (Å²) in [5, 5.41) is 0. The molecule has 0 aromatic carbocycles. The molecule has 0 saturated heterocycles. The number of hydrogen-bond donors (Lipinski definition) is 0. The second-order valence-corrected chi connectivity index (χ2v) is 3.19. The lowest BCUT2D eigenvalue weighted by Crippen LogP contribution is -1.94. The van der Waals surface area contributed by atoms with Gasteiger partial charge in [0.25, 0.3) is 0 Å². The molecule has 1 atom stereocenters. The van der Waals surface area contributed by atoms with Crippen molar-refractivity contribution in [2.24, 2.45) is 5.92 Å². The number of carbonyl (C=O) groups excluding carboxylic acids is 1. The highest BCUT2D eigenvalue weighted by atomic mass is 16.1. The summed E-state index contributed by atoms with van der Waals surface area (Å²) in [4.78, 5) is 10.8. The van der Waals surface area contributed by atoms with Crippen molar-refractivity contribution in [2.45, 2.75) is 40.5 Å². The van der Waals surface area contributed by atoms with Crippen LogP contribution in [0.5, 0.6) is 0 Å². The van der Waals surface area contributed by atoms with Gasteiger partial charge >= 0.3 is 0 Å². The van der Waals surface area contributed by atoms with Gasteiger partial charge < -0.3 is 0 Å². The van der Waals surface area contributed by atoms with E-state index in [1.807, 2.05) is 13.0 Å². The molecule has 0 aromatic heterocycles. The van der Waals surface area contributed by atoms with Gasteiger partial charge in [0.2, 0.25) is 0 Å². The summed E-state index contributed by atoms with van der Waals surface area (Å²) in [7, 11) is 0. The zero-order valence-corrected chi connectivity index (χ0v) is 7.98. The van der Waals surface area contributed by atoms with Crippen LogP contribution in [0.1, 0.15) is 40.5 Å². The van der Waals surface area contributed by atoms with Crippen LogP contribution in [-0.2, 0) is 4.79 Å². The highest BCUT2D eigenvalue weighted by Crippen LogP contribution is 2.09. The molecule has 64 valence electrons. The fraction of sp³-hybridized carbons (Fsp3) is 0.700. The Balaban J connectivity index is 3.82. The summed E-state index contributed by atoms with van der Waals surface area (Å²) in [6, 6.07) is 0. The quantitative estimate of drug-likeness (QED) is 0.569. The Morgan fingerprint density at radius 2 is 2.00 bits per heavy atom. The summed E-state index contributed by atoms with van der Waals surface area (Å²) in [6.45, 7) is 7.86. The third-order valence-corrected chi connectivity index (χ3v) is 2.08. The third kappa shape index (κ3) is 4.77. The normalized spacial score (nSPS) is 14.7. The molecule has 1 nitrogen and oxygen atoms in total. The highest BCUT2D eigenvalue weighted by molar-refractivity contribution is 5.92. The average molecular weight is 154 g/mol. The molecule has 0 saturated carbocycles. The standard InChI is InChI=1S/C10H18O/c1-5-8(2)6-7-9(3)10(4)11/h7-8H,5-6H2,1-4H3. The van der Waals surface area contributed by atoms with Crippen LogP contribution < -0.4 is 0 Å². The molecule has 0 fully saturated rings. The van der Waals surface area contributed by atoms with Crippen molar-refractivity contribution in [3.8, 4) is 0 Å². The first-order chi connectivity index (χ1) is 5.07. The Labute approximate surface area is 69.5 Å². The molecule has 0 aliphatic carbocycles. The summed E-state index contributed by atoms with van der Waals surface area (Å²) >= 11 is 0. The van der Waals surface area contributed by atoms with E-state index in [1.54, 1.807) is 6.92 Å². The molecule has 0 rings (SSSR count). The maximum atomic E-state index is 10.8. The number of Topliss-reactive ketones (excluding diaryl/α,β-unsaturated/α-hetero) is 1. The minimum Gasteiger partial charge on any atom is -0.295 e. The SMILES string of the molecule is CCC(C)CC=C(C)C(C)=O. The van der Waals surface area contributed by atoms with Gasteiger partial charge in [-0.15, -0.1) is 0 Å². The van der Waals surface area contributed by atoms with Gasteiger partial charge in [0.05, 0.1) is 0 Å². The smallest absolute Gasteiger partial charge is 0.155 e. The number of ketones is 1. The van der Waals surface area contributed by atoms with E-state index in [0.29, 0.717) is 5.92 Å². The maximum Gasteiger partial charge on any atom is 0.155 e. The van der Waals surface area contributed by atoms with E-state index < -0.39 is 0 Å². The summed E-state index contributed by atoms with van der Waals surface area (Å²) in [5.41, 5.74) is 0.894. The monoisotopic (exact) mass is 154 g/mol. The van der Waals surface area contributed by atoms with Gasteiger partial charge in [-0.25, -0.2) is 0 Å². The van der Waals surface area contributed by atoms with Gasteiger partial charge in [0.15, 0.2) is 5.78 Å². The van der Waals surface area contributed by atoms with E-state index >= 15 is 0 Å². The van der Waals surface area contributed by atoms with Crippen LogP contribution in [0.15, 0.2) is 11.6 Å².